The maximum absolute atomic E-state index is 10.9. The molecule has 17 heavy (non-hydrogen) atoms. The maximum atomic E-state index is 10.9. The lowest BCUT2D eigenvalue weighted by atomic mass is 10.2. The monoisotopic (exact) mass is 234 g/mol. The molecule has 0 aliphatic rings. The lowest BCUT2D eigenvalue weighted by molar-refractivity contribution is -0.112. The summed E-state index contributed by atoms with van der Waals surface area (Å²) in [7, 11) is 0. The summed E-state index contributed by atoms with van der Waals surface area (Å²) in [5, 5.41) is 2.65. The van der Waals surface area contributed by atoms with Crippen molar-refractivity contribution in [2.75, 3.05) is 11.9 Å². The number of benzene rings is 1. The minimum absolute atomic E-state index is 0.327. The van der Waals surface area contributed by atoms with Gasteiger partial charge >= 0.3 is 0 Å². The Morgan fingerprint density at radius 3 is 2.76 bits per heavy atom. The fourth-order valence-corrected chi connectivity index (χ4v) is 1.56. The van der Waals surface area contributed by atoms with Crippen molar-refractivity contribution < 1.29 is 9.53 Å². The number of hydrogen-bond donors (Lipinski definition) is 1. The second kappa shape index (κ2) is 7.71. The Morgan fingerprint density at radius 2 is 2.06 bits per heavy atom. The molecule has 0 unspecified atom stereocenters. The molecule has 0 spiro atoms. The van der Waals surface area contributed by atoms with E-state index < -0.39 is 0 Å². The number of nitrogens with one attached hydrogen (secondary N) is 1. The lowest BCUT2D eigenvalue weighted by Crippen LogP contribution is -2.08. The minimum atomic E-state index is -0.327. The van der Waals surface area contributed by atoms with Crippen LogP contribution in [-0.2, 0) is 4.79 Å². The Hall–Kier alpha value is -1.51. The van der Waals surface area contributed by atoms with E-state index in [1.165, 1.54) is 19.3 Å². The first kappa shape index (κ1) is 13.6. The van der Waals surface area contributed by atoms with Crippen LogP contribution in [0.15, 0.2) is 24.3 Å². The second-order valence-electron chi connectivity index (χ2n) is 3.95. The number of carbonyl (C=O) groups is 1. The van der Waals surface area contributed by atoms with E-state index in [0.717, 1.165) is 6.42 Å². The average molecular weight is 234 g/mol. The van der Waals surface area contributed by atoms with Crippen molar-refractivity contribution in [2.45, 2.75) is 32.6 Å². The highest BCUT2D eigenvalue weighted by Gasteiger charge is 2.03. The first-order valence-electron chi connectivity index (χ1n) is 6.08. The van der Waals surface area contributed by atoms with Gasteiger partial charge in [0.05, 0.1) is 12.3 Å². The van der Waals surface area contributed by atoms with E-state index in [4.69, 9.17) is 4.74 Å². The van der Waals surface area contributed by atoms with Gasteiger partial charge in [0.1, 0.15) is 5.75 Å². The van der Waals surface area contributed by atoms with Crippen LogP contribution >= 0.6 is 0 Å². The van der Waals surface area contributed by atoms with Crippen LogP contribution in [0.3, 0.4) is 0 Å². The summed E-state index contributed by atoms with van der Waals surface area (Å²) < 4.78 is 5.64. The maximum Gasteiger partial charge on any atom is 0.224 e. The molecular weight excluding hydrogens is 214 g/mol. The van der Waals surface area contributed by atoms with Gasteiger partial charge in [0.15, 0.2) is 0 Å². The molecule has 1 aromatic carbocycles. The van der Waals surface area contributed by atoms with E-state index in [2.05, 4.69) is 19.2 Å². The minimum Gasteiger partial charge on any atom is -0.491 e. The van der Waals surface area contributed by atoms with E-state index in [1.54, 1.807) is 0 Å². The Labute approximate surface area is 103 Å². The topological polar surface area (TPSA) is 38.3 Å². The highest BCUT2D eigenvalue weighted by atomic mass is 16.5. The van der Waals surface area contributed by atoms with Crippen molar-refractivity contribution in [2.24, 2.45) is 0 Å². The number of ether oxygens (including phenoxy) is 1. The van der Waals surface area contributed by atoms with E-state index >= 15 is 0 Å². The van der Waals surface area contributed by atoms with Gasteiger partial charge < -0.3 is 10.1 Å². The fourth-order valence-electron chi connectivity index (χ4n) is 1.56. The molecule has 0 saturated carbocycles. The van der Waals surface area contributed by atoms with Gasteiger partial charge in [0, 0.05) is 6.92 Å². The molecule has 0 heterocycles. The van der Waals surface area contributed by atoms with Gasteiger partial charge in [-0.1, -0.05) is 38.3 Å². The average Bonchev–Trinajstić information content (AvgIpc) is 2.30. The molecule has 3 heteroatoms. The summed E-state index contributed by atoms with van der Waals surface area (Å²) in [5.41, 5.74) is 0.683. The molecule has 0 aromatic heterocycles. The highest BCUT2D eigenvalue weighted by molar-refractivity contribution is 5.95. The van der Waals surface area contributed by atoms with Gasteiger partial charge in [0.2, 0.25) is 5.91 Å². The van der Waals surface area contributed by atoms with Crippen LogP contribution in [0.2, 0.25) is 0 Å². The van der Waals surface area contributed by atoms with Crippen LogP contribution in [-0.4, -0.2) is 12.5 Å². The number of anilines is 1. The summed E-state index contributed by atoms with van der Waals surface area (Å²) in [6.45, 7) is 6.16. The number of carbonyl (C=O) groups excluding carboxylic acids is 1. The Bertz CT molecular complexity index is 350. The summed E-state index contributed by atoms with van der Waals surface area (Å²) >= 11 is 0. The van der Waals surface area contributed by atoms with E-state index in [1.807, 2.05) is 24.3 Å². The zero-order valence-corrected chi connectivity index (χ0v) is 10.4. The fraction of sp³-hybridized carbons (Fsp3) is 0.429. The van der Waals surface area contributed by atoms with Crippen LogP contribution in [0.1, 0.15) is 32.6 Å². The molecule has 93 valence electrons. The number of amides is 1. The first-order chi connectivity index (χ1) is 8.24. The molecule has 0 fully saturated rings. The largest absolute Gasteiger partial charge is 0.491 e. The molecule has 1 aromatic rings. The summed E-state index contributed by atoms with van der Waals surface area (Å²) in [4.78, 5) is 10.9. The Balaban J connectivity index is 2.43. The van der Waals surface area contributed by atoms with Gasteiger partial charge in [-0.15, -0.1) is 0 Å². The molecule has 3 nitrogen and oxygen atoms in total. The number of para-hydroxylation sites is 2. The Kier molecular flexibility index (Phi) is 6.15. The van der Waals surface area contributed by atoms with Crippen LogP contribution in [0.5, 0.6) is 5.75 Å². The smallest absolute Gasteiger partial charge is 0.224 e. The normalized spacial score (nSPS) is 10.0. The predicted molar refractivity (Wildman–Crippen MR) is 70.1 cm³/mol. The molecule has 0 aliphatic carbocycles. The second-order valence-corrected chi connectivity index (χ2v) is 3.95. The molecule has 1 N–H and O–H groups in total. The van der Waals surface area contributed by atoms with Crippen LogP contribution in [0.4, 0.5) is 5.69 Å². The Morgan fingerprint density at radius 1 is 1.29 bits per heavy atom. The van der Waals surface area contributed by atoms with Crippen molar-refractivity contribution in [1.29, 1.82) is 0 Å². The van der Waals surface area contributed by atoms with Crippen molar-refractivity contribution in [3.63, 3.8) is 0 Å². The number of hydrogen-bond acceptors (Lipinski definition) is 2. The molecule has 0 saturated heterocycles. The molecule has 1 rings (SSSR count). The molecule has 0 atom stereocenters. The predicted octanol–water partition coefficient (Wildman–Crippen LogP) is 3.42. The van der Waals surface area contributed by atoms with Gasteiger partial charge in [-0.25, -0.2) is 0 Å². The lowest BCUT2D eigenvalue weighted by Gasteiger charge is -2.11. The molecular formula is C14H20NO2. The number of rotatable bonds is 7. The molecule has 1 radical (unpaired) electrons. The van der Waals surface area contributed by atoms with E-state index in [0.29, 0.717) is 18.0 Å². The third-order valence-corrected chi connectivity index (χ3v) is 2.42. The first-order valence-corrected chi connectivity index (χ1v) is 6.08. The summed E-state index contributed by atoms with van der Waals surface area (Å²) in [6.07, 6.45) is 4.68. The quantitative estimate of drug-likeness (QED) is 0.734. The SMILES string of the molecule is [CH2]C(=O)Nc1ccccc1OCCCCCC. The van der Waals surface area contributed by atoms with Gasteiger partial charge in [-0.05, 0) is 18.6 Å². The molecule has 0 bridgehead atoms. The van der Waals surface area contributed by atoms with Crippen LogP contribution < -0.4 is 10.1 Å². The van der Waals surface area contributed by atoms with E-state index in [-0.39, 0.29) is 5.91 Å². The van der Waals surface area contributed by atoms with Gasteiger partial charge in [0.25, 0.3) is 0 Å². The van der Waals surface area contributed by atoms with Crippen molar-refractivity contribution >= 4 is 11.6 Å². The van der Waals surface area contributed by atoms with Gasteiger partial charge in [-0.3, -0.25) is 4.79 Å². The van der Waals surface area contributed by atoms with Crippen LogP contribution in [0.25, 0.3) is 0 Å². The molecule has 0 aliphatic heterocycles. The van der Waals surface area contributed by atoms with Gasteiger partial charge in [-0.2, -0.15) is 0 Å². The zero-order valence-electron chi connectivity index (χ0n) is 10.4. The van der Waals surface area contributed by atoms with Crippen molar-refractivity contribution in [1.82, 2.24) is 0 Å². The highest BCUT2D eigenvalue weighted by Crippen LogP contribution is 2.23. The van der Waals surface area contributed by atoms with Crippen molar-refractivity contribution in [3.05, 3.63) is 31.2 Å². The zero-order chi connectivity index (χ0) is 12.5. The van der Waals surface area contributed by atoms with E-state index in [9.17, 15) is 4.79 Å². The molecule has 1 amide bonds. The third-order valence-electron chi connectivity index (χ3n) is 2.42. The standard InChI is InChI=1S/C14H20NO2/c1-3-4-5-8-11-17-14-10-7-6-9-13(14)15-12(2)16/h6-7,9-10H,2-5,8,11H2,1H3,(H,15,16). The summed E-state index contributed by atoms with van der Waals surface area (Å²) in [5.74, 6) is 0.382. The van der Waals surface area contributed by atoms with Crippen molar-refractivity contribution in [3.8, 4) is 5.75 Å². The third kappa shape index (κ3) is 5.38. The van der Waals surface area contributed by atoms with Crippen LogP contribution in [0, 0.1) is 6.92 Å². The number of unbranched alkanes of at least 4 members (excludes halogenated alkanes) is 3. The summed E-state index contributed by atoms with van der Waals surface area (Å²) in [6, 6.07) is 7.41.